The minimum absolute atomic E-state index is 0.146. The van der Waals surface area contributed by atoms with E-state index in [1.54, 1.807) is 19.0 Å². The second-order valence-corrected chi connectivity index (χ2v) is 3.45. The SMILES string of the molecule is COc1c(O)c(F)cc(CN(C)C)c1F. The Bertz CT molecular complexity index is 367. The van der Waals surface area contributed by atoms with Gasteiger partial charge in [0.05, 0.1) is 7.11 Å². The summed E-state index contributed by atoms with van der Waals surface area (Å²) in [6.07, 6.45) is 0. The van der Waals surface area contributed by atoms with E-state index in [0.717, 1.165) is 6.07 Å². The van der Waals surface area contributed by atoms with Gasteiger partial charge in [-0.25, -0.2) is 8.78 Å². The maximum Gasteiger partial charge on any atom is 0.200 e. The van der Waals surface area contributed by atoms with E-state index in [1.165, 1.54) is 7.11 Å². The van der Waals surface area contributed by atoms with Crippen molar-refractivity contribution in [1.82, 2.24) is 4.90 Å². The van der Waals surface area contributed by atoms with Crippen LogP contribution in [0, 0.1) is 11.6 Å². The number of methoxy groups -OCH3 is 1. The van der Waals surface area contributed by atoms with Gasteiger partial charge in [0.2, 0.25) is 0 Å². The highest BCUT2D eigenvalue weighted by Crippen LogP contribution is 2.34. The number of aromatic hydroxyl groups is 1. The molecule has 0 saturated carbocycles. The topological polar surface area (TPSA) is 32.7 Å². The predicted molar refractivity (Wildman–Crippen MR) is 52.0 cm³/mol. The number of phenolic OH excluding ortho intramolecular Hbond substituents is 1. The molecule has 1 N–H and O–H groups in total. The molecule has 1 rings (SSSR count). The summed E-state index contributed by atoms with van der Waals surface area (Å²) in [6.45, 7) is 0.236. The van der Waals surface area contributed by atoms with Crippen LogP contribution in [-0.2, 0) is 6.54 Å². The molecule has 1 aromatic carbocycles. The zero-order valence-corrected chi connectivity index (χ0v) is 8.84. The van der Waals surface area contributed by atoms with Gasteiger partial charge in [0.15, 0.2) is 23.1 Å². The van der Waals surface area contributed by atoms with Crippen LogP contribution in [-0.4, -0.2) is 31.2 Å². The molecule has 0 amide bonds. The first-order valence-corrected chi connectivity index (χ1v) is 4.36. The summed E-state index contributed by atoms with van der Waals surface area (Å²) in [7, 11) is 4.64. The first-order valence-electron chi connectivity index (χ1n) is 4.36. The highest BCUT2D eigenvalue weighted by atomic mass is 19.1. The molecule has 0 aromatic heterocycles. The van der Waals surface area contributed by atoms with Gasteiger partial charge in [-0.2, -0.15) is 0 Å². The largest absolute Gasteiger partial charge is 0.502 e. The van der Waals surface area contributed by atoms with Gasteiger partial charge in [0.1, 0.15) is 0 Å². The lowest BCUT2D eigenvalue weighted by Gasteiger charge is -2.13. The van der Waals surface area contributed by atoms with Gasteiger partial charge in [-0.05, 0) is 20.2 Å². The van der Waals surface area contributed by atoms with Crippen LogP contribution in [0.5, 0.6) is 11.5 Å². The first kappa shape index (κ1) is 11.7. The Kier molecular flexibility index (Phi) is 3.47. The van der Waals surface area contributed by atoms with Gasteiger partial charge >= 0.3 is 0 Å². The first-order chi connectivity index (χ1) is 6.97. The molecule has 5 heteroatoms. The number of nitrogens with zero attached hydrogens (tertiary/aromatic N) is 1. The maximum atomic E-state index is 13.6. The third-order valence-electron chi connectivity index (χ3n) is 1.91. The van der Waals surface area contributed by atoms with Crippen LogP contribution in [0.15, 0.2) is 6.07 Å². The molecule has 0 aliphatic heterocycles. The average Bonchev–Trinajstić information content (AvgIpc) is 2.14. The Morgan fingerprint density at radius 2 is 2.00 bits per heavy atom. The predicted octanol–water partition coefficient (Wildman–Crippen LogP) is 1.74. The third-order valence-corrected chi connectivity index (χ3v) is 1.91. The standard InChI is InChI=1S/C10H13F2NO2/c1-13(2)5-6-4-7(11)9(14)10(15-3)8(6)12/h4,14H,5H2,1-3H3. The van der Waals surface area contributed by atoms with Gasteiger partial charge in [0.25, 0.3) is 0 Å². The van der Waals surface area contributed by atoms with Crippen LogP contribution in [0.3, 0.4) is 0 Å². The molecule has 0 saturated heterocycles. The fourth-order valence-corrected chi connectivity index (χ4v) is 1.28. The Hall–Kier alpha value is -1.36. The Balaban J connectivity index is 3.24. The minimum atomic E-state index is -0.884. The smallest absolute Gasteiger partial charge is 0.200 e. The number of rotatable bonds is 3. The summed E-state index contributed by atoms with van der Waals surface area (Å²) in [5.74, 6) is -2.86. The van der Waals surface area contributed by atoms with E-state index < -0.39 is 23.1 Å². The maximum absolute atomic E-state index is 13.6. The van der Waals surface area contributed by atoms with Crippen LogP contribution < -0.4 is 4.74 Å². The van der Waals surface area contributed by atoms with Crippen LogP contribution in [0.25, 0.3) is 0 Å². The van der Waals surface area contributed by atoms with Crippen molar-refractivity contribution in [1.29, 1.82) is 0 Å². The number of ether oxygens (including phenoxy) is 1. The van der Waals surface area contributed by atoms with Crippen molar-refractivity contribution in [3.05, 3.63) is 23.3 Å². The number of hydrogen-bond acceptors (Lipinski definition) is 3. The number of phenols is 1. The van der Waals surface area contributed by atoms with Crippen molar-refractivity contribution in [2.45, 2.75) is 6.54 Å². The summed E-state index contributed by atoms with van der Waals surface area (Å²) >= 11 is 0. The molecule has 0 aliphatic rings. The van der Waals surface area contributed by atoms with Crippen molar-refractivity contribution in [2.24, 2.45) is 0 Å². The summed E-state index contributed by atoms with van der Waals surface area (Å²) in [5.41, 5.74) is 0.146. The number of hydrogen-bond donors (Lipinski definition) is 1. The van der Waals surface area contributed by atoms with E-state index in [0.29, 0.717) is 0 Å². The van der Waals surface area contributed by atoms with Crippen LogP contribution in [0.4, 0.5) is 8.78 Å². The van der Waals surface area contributed by atoms with Crippen molar-refractivity contribution in [3.8, 4) is 11.5 Å². The van der Waals surface area contributed by atoms with Gasteiger partial charge in [-0.1, -0.05) is 0 Å². The van der Waals surface area contributed by atoms with E-state index >= 15 is 0 Å². The molecule has 15 heavy (non-hydrogen) atoms. The van der Waals surface area contributed by atoms with Gasteiger partial charge < -0.3 is 14.7 Å². The van der Waals surface area contributed by atoms with E-state index in [-0.39, 0.29) is 12.1 Å². The van der Waals surface area contributed by atoms with Gasteiger partial charge in [-0.15, -0.1) is 0 Å². The van der Waals surface area contributed by atoms with Gasteiger partial charge in [-0.3, -0.25) is 0 Å². The molecule has 0 spiro atoms. The van der Waals surface area contributed by atoms with Crippen molar-refractivity contribution >= 4 is 0 Å². The molecule has 0 radical (unpaired) electrons. The molecule has 3 nitrogen and oxygen atoms in total. The van der Waals surface area contributed by atoms with E-state index in [9.17, 15) is 13.9 Å². The lowest BCUT2D eigenvalue weighted by Crippen LogP contribution is -2.12. The lowest BCUT2D eigenvalue weighted by atomic mass is 10.1. The molecule has 0 heterocycles. The molecule has 0 unspecified atom stereocenters. The fourth-order valence-electron chi connectivity index (χ4n) is 1.28. The summed E-state index contributed by atoms with van der Waals surface area (Å²) in [6, 6.07) is 0.965. The Morgan fingerprint density at radius 3 is 2.47 bits per heavy atom. The Morgan fingerprint density at radius 1 is 1.40 bits per heavy atom. The van der Waals surface area contributed by atoms with E-state index in [1.807, 2.05) is 0 Å². The number of halogens is 2. The van der Waals surface area contributed by atoms with E-state index in [4.69, 9.17) is 0 Å². The van der Waals surface area contributed by atoms with Gasteiger partial charge in [0, 0.05) is 12.1 Å². The lowest BCUT2D eigenvalue weighted by molar-refractivity contribution is 0.327. The Labute approximate surface area is 86.9 Å². The second-order valence-electron chi connectivity index (χ2n) is 3.45. The molecule has 0 aliphatic carbocycles. The highest BCUT2D eigenvalue weighted by molar-refractivity contribution is 5.44. The summed E-state index contributed by atoms with van der Waals surface area (Å²) in [4.78, 5) is 1.69. The minimum Gasteiger partial charge on any atom is -0.502 e. The molecule has 84 valence electrons. The molecular formula is C10H13F2NO2. The monoisotopic (exact) mass is 217 g/mol. The highest BCUT2D eigenvalue weighted by Gasteiger charge is 2.18. The molecule has 0 atom stereocenters. The van der Waals surface area contributed by atoms with E-state index in [2.05, 4.69) is 4.74 Å². The molecule has 0 bridgehead atoms. The molecule has 0 fully saturated rings. The zero-order chi connectivity index (χ0) is 11.6. The summed E-state index contributed by atoms with van der Waals surface area (Å²) in [5, 5.41) is 9.18. The van der Waals surface area contributed by atoms with Crippen LogP contribution in [0.1, 0.15) is 5.56 Å². The van der Waals surface area contributed by atoms with Crippen LogP contribution in [0.2, 0.25) is 0 Å². The zero-order valence-electron chi connectivity index (χ0n) is 8.84. The van der Waals surface area contributed by atoms with Crippen molar-refractivity contribution < 1.29 is 18.6 Å². The summed E-state index contributed by atoms with van der Waals surface area (Å²) < 4.78 is 31.3. The number of benzene rings is 1. The quantitative estimate of drug-likeness (QED) is 0.837. The fraction of sp³-hybridized carbons (Fsp3) is 0.400. The van der Waals surface area contributed by atoms with Crippen molar-refractivity contribution in [3.63, 3.8) is 0 Å². The average molecular weight is 217 g/mol. The second kappa shape index (κ2) is 4.44. The third kappa shape index (κ3) is 2.36. The normalized spacial score (nSPS) is 10.8. The van der Waals surface area contributed by atoms with Crippen LogP contribution >= 0.6 is 0 Å². The molecule has 1 aromatic rings. The molecular weight excluding hydrogens is 204 g/mol. The van der Waals surface area contributed by atoms with Crippen molar-refractivity contribution in [2.75, 3.05) is 21.2 Å².